The maximum Gasteiger partial charge on any atom is 0.116 e. The Kier molecular flexibility index (Phi) is 5.14. The summed E-state index contributed by atoms with van der Waals surface area (Å²) in [7, 11) is -0.779. The van der Waals surface area contributed by atoms with Crippen molar-refractivity contribution in [3.63, 3.8) is 0 Å². The summed E-state index contributed by atoms with van der Waals surface area (Å²) in [5.41, 5.74) is 3.16. The first-order valence-corrected chi connectivity index (χ1v) is 12.4. The summed E-state index contributed by atoms with van der Waals surface area (Å²) in [6, 6.07) is 43.1. The van der Waals surface area contributed by atoms with Gasteiger partial charge in [-0.3, -0.25) is 0 Å². The number of nitrogens with zero attached hydrogens (tertiary/aromatic N) is 2. The maximum atomic E-state index is 4.86. The van der Waals surface area contributed by atoms with E-state index in [1.165, 1.54) is 32.2 Å². The van der Waals surface area contributed by atoms with Crippen molar-refractivity contribution in [1.82, 2.24) is 9.97 Å². The van der Waals surface area contributed by atoms with Crippen molar-refractivity contribution in [2.75, 3.05) is 0 Å². The molecule has 2 nitrogen and oxygen atoms in total. The molecule has 0 atom stereocenters. The van der Waals surface area contributed by atoms with Crippen LogP contribution in [-0.4, -0.2) is 9.97 Å². The number of rotatable bonds is 4. The zero-order chi connectivity index (χ0) is 22.0. The van der Waals surface area contributed by atoms with E-state index in [4.69, 9.17) is 4.98 Å². The van der Waals surface area contributed by atoms with Crippen LogP contribution in [-0.2, 0) is 0 Å². The molecule has 33 heavy (non-hydrogen) atoms. The lowest BCUT2D eigenvalue weighted by atomic mass is 9.99. The van der Waals surface area contributed by atoms with E-state index in [2.05, 4.69) is 120 Å². The highest BCUT2D eigenvalue weighted by Gasteiger charge is 2.23. The smallest absolute Gasteiger partial charge is 0.116 e. The second kappa shape index (κ2) is 8.58. The average Bonchev–Trinajstić information content (AvgIpc) is 2.90. The third-order valence-corrected chi connectivity index (χ3v) is 8.44. The number of hydrogen-bond donors (Lipinski definition) is 0. The van der Waals surface area contributed by atoms with E-state index in [1.54, 1.807) is 6.33 Å². The highest BCUT2D eigenvalue weighted by molar-refractivity contribution is 7.80. The molecule has 0 spiro atoms. The monoisotopic (exact) mass is 440 g/mol. The lowest BCUT2D eigenvalue weighted by Crippen LogP contribution is -2.22. The van der Waals surface area contributed by atoms with Crippen LogP contribution in [0.4, 0.5) is 0 Å². The maximum absolute atomic E-state index is 4.86. The van der Waals surface area contributed by atoms with Gasteiger partial charge in [0.15, 0.2) is 0 Å². The zero-order valence-corrected chi connectivity index (χ0v) is 18.9. The Labute approximate surface area is 194 Å². The quantitative estimate of drug-likeness (QED) is 0.305. The second-order valence-corrected chi connectivity index (χ2v) is 10.1. The SMILES string of the molecule is c1ccc(P(c2ccccc2)c2ccc3ccccc3c2-c2ncnc3ccccc23)cc1. The Hall–Kier alpha value is -3.87. The van der Waals surface area contributed by atoms with Gasteiger partial charge in [-0.2, -0.15) is 0 Å². The largest absolute Gasteiger partial charge is 0.236 e. The van der Waals surface area contributed by atoms with Crippen LogP contribution in [0.2, 0.25) is 0 Å². The molecule has 0 aliphatic carbocycles. The summed E-state index contributed by atoms with van der Waals surface area (Å²) in [5.74, 6) is 0. The van der Waals surface area contributed by atoms with Crippen LogP contribution in [0.5, 0.6) is 0 Å². The summed E-state index contributed by atoms with van der Waals surface area (Å²) in [4.78, 5) is 9.39. The molecule has 0 amide bonds. The molecule has 1 heterocycles. The Morgan fingerprint density at radius 1 is 0.485 bits per heavy atom. The molecule has 156 valence electrons. The van der Waals surface area contributed by atoms with Crippen molar-refractivity contribution >= 4 is 45.5 Å². The highest BCUT2D eigenvalue weighted by Crippen LogP contribution is 2.40. The molecule has 6 aromatic rings. The standard InChI is InChI=1S/C30H21N2P/c1-3-12-23(13-4-1)33(24-14-5-2-6-15-24)28-20-19-22-11-7-8-16-25(22)29(28)30-26-17-9-10-18-27(26)31-21-32-30/h1-21H. The molecule has 3 heteroatoms. The number of aromatic nitrogens is 2. The lowest BCUT2D eigenvalue weighted by molar-refractivity contribution is 1.23. The van der Waals surface area contributed by atoms with E-state index >= 15 is 0 Å². The Balaban J connectivity index is 1.73. The van der Waals surface area contributed by atoms with Crippen LogP contribution in [0.3, 0.4) is 0 Å². The molecule has 0 aliphatic heterocycles. The van der Waals surface area contributed by atoms with Gasteiger partial charge in [0, 0.05) is 10.9 Å². The fraction of sp³-hybridized carbons (Fsp3) is 0. The molecule has 6 rings (SSSR count). The van der Waals surface area contributed by atoms with Crippen molar-refractivity contribution in [2.24, 2.45) is 0 Å². The van der Waals surface area contributed by atoms with Crippen LogP contribution < -0.4 is 15.9 Å². The molecule has 0 saturated heterocycles. The third-order valence-electron chi connectivity index (χ3n) is 5.96. The molecular weight excluding hydrogens is 419 g/mol. The van der Waals surface area contributed by atoms with Gasteiger partial charge in [0.2, 0.25) is 0 Å². The average molecular weight is 440 g/mol. The number of para-hydroxylation sites is 1. The van der Waals surface area contributed by atoms with Gasteiger partial charge in [0.25, 0.3) is 0 Å². The van der Waals surface area contributed by atoms with Crippen molar-refractivity contribution in [2.45, 2.75) is 0 Å². The number of hydrogen-bond acceptors (Lipinski definition) is 2. The van der Waals surface area contributed by atoms with Gasteiger partial charge in [-0.05, 0) is 40.7 Å². The predicted molar refractivity (Wildman–Crippen MR) is 141 cm³/mol. The summed E-state index contributed by atoms with van der Waals surface area (Å²) < 4.78 is 0. The topological polar surface area (TPSA) is 25.8 Å². The van der Waals surface area contributed by atoms with Gasteiger partial charge in [0.1, 0.15) is 6.33 Å². The van der Waals surface area contributed by atoms with Gasteiger partial charge >= 0.3 is 0 Å². The van der Waals surface area contributed by atoms with Crippen LogP contribution >= 0.6 is 7.92 Å². The molecular formula is C30H21N2P. The van der Waals surface area contributed by atoms with Gasteiger partial charge in [-0.25, -0.2) is 9.97 Å². The van der Waals surface area contributed by atoms with Gasteiger partial charge in [-0.15, -0.1) is 0 Å². The van der Waals surface area contributed by atoms with E-state index in [9.17, 15) is 0 Å². The fourth-order valence-corrected chi connectivity index (χ4v) is 6.95. The number of benzene rings is 5. The first-order chi connectivity index (χ1) is 16.4. The minimum absolute atomic E-state index is 0.779. The predicted octanol–water partition coefficient (Wildman–Crippen LogP) is 6.21. The first-order valence-electron chi connectivity index (χ1n) is 11.0. The summed E-state index contributed by atoms with van der Waals surface area (Å²) >= 11 is 0. The second-order valence-electron chi connectivity index (χ2n) is 7.93. The minimum atomic E-state index is -0.779. The van der Waals surface area contributed by atoms with Crippen LogP contribution in [0.1, 0.15) is 0 Å². The summed E-state index contributed by atoms with van der Waals surface area (Å²) in [5, 5.41) is 7.48. The summed E-state index contributed by atoms with van der Waals surface area (Å²) in [6.07, 6.45) is 1.69. The Morgan fingerprint density at radius 2 is 1.09 bits per heavy atom. The van der Waals surface area contributed by atoms with Gasteiger partial charge in [-0.1, -0.05) is 115 Å². The van der Waals surface area contributed by atoms with Gasteiger partial charge in [0.05, 0.1) is 11.2 Å². The molecule has 0 fully saturated rings. The van der Waals surface area contributed by atoms with Crippen LogP contribution in [0.25, 0.3) is 32.9 Å². The molecule has 1 aromatic heterocycles. The van der Waals surface area contributed by atoms with E-state index in [-0.39, 0.29) is 0 Å². The Bertz CT molecular complexity index is 1520. The Morgan fingerprint density at radius 3 is 1.82 bits per heavy atom. The van der Waals surface area contributed by atoms with Gasteiger partial charge < -0.3 is 0 Å². The molecule has 0 N–H and O–H groups in total. The molecule has 5 aromatic carbocycles. The third kappa shape index (κ3) is 3.59. The summed E-state index contributed by atoms with van der Waals surface area (Å²) in [6.45, 7) is 0. The minimum Gasteiger partial charge on any atom is -0.236 e. The van der Waals surface area contributed by atoms with E-state index in [0.29, 0.717) is 0 Å². The molecule has 0 unspecified atom stereocenters. The zero-order valence-electron chi connectivity index (χ0n) is 18.0. The highest BCUT2D eigenvalue weighted by atomic mass is 31.1. The van der Waals surface area contributed by atoms with Crippen LogP contribution in [0.15, 0.2) is 128 Å². The van der Waals surface area contributed by atoms with Crippen LogP contribution in [0, 0.1) is 0 Å². The fourth-order valence-electron chi connectivity index (χ4n) is 4.48. The van der Waals surface area contributed by atoms with E-state index in [0.717, 1.165) is 16.6 Å². The van der Waals surface area contributed by atoms with E-state index in [1.807, 2.05) is 6.07 Å². The first kappa shape index (κ1) is 19.8. The molecule has 0 radical (unpaired) electrons. The van der Waals surface area contributed by atoms with Crippen molar-refractivity contribution in [3.8, 4) is 11.3 Å². The number of fused-ring (bicyclic) bond motifs is 2. The normalized spacial score (nSPS) is 11.3. The van der Waals surface area contributed by atoms with Crippen molar-refractivity contribution in [1.29, 1.82) is 0 Å². The molecule has 0 aliphatic rings. The van der Waals surface area contributed by atoms with Crippen molar-refractivity contribution in [3.05, 3.63) is 128 Å². The molecule has 0 saturated carbocycles. The lowest BCUT2D eigenvalue weighted by Gasteiger charge is -2.24. The molecule has 0 bridgehead atoms. The van der Waals surface area contributed by atoms with Crippen molar-refractivity contribution < 1.29 is 0 Å². The van der Waals surface area contributed by atoms with E-state index < -0.39 is 7.92 Å².